The molecular formula is C30H26N2O6. The first-order valence-electron chi connectivity index (χ1n) is 12.8. The zero-order chi connectivity index (χ0) is 26.4. The predicted octanol–water partition coefficient (Wildman–Crippen LogP) is 6.25. The van der Waals surface area contributed by atoms with Gasteiger partial charge in [-0.05, 0) is 65.6 Å². The van der Waals surface area contributed by atoms with Crippen molar-refractivity contribution in [1.82, 2.24) is 4.90 Å². The Morgan fingerprint density at radius 1 is 0.974 bits per heavy atom. The summed E-state index contributed by atoms with van der Waals surface area (Å²) in [7, 11) is 0. The predicted molar refractivity (Wildman–Crippen MR) is 141 cm³/mol. The topological polar surface area (TPSA) is 110 Å². The minimum absolute atomic E-state index is 0.0301. The molecule has 0 radical (unpaired) electrons. The van der Waals surface area contributed by atoms with E-state index in [-0.39, 0.29) is 42.0 Å². The van der Waals surface area contributed by atoms with E-state index >= 15 is 0 Å². The Morgan fingerprint density at radius 2 is 1.66 bits per heavy atom. The Morgan fingerprint density at radius 3 is 2.29 bits per heavy atom. The van der Waals surface area contributed by atoms with Crippen molar-refractivity contribution in [3.8, 4) is 11.1 Å². The lowest BCUT2D eigenvalue weighted by Crippen LogP contribution is -2.51. The van der Waals surface area contributed by atoms with E-state index in [9.17, 15) is 24.8 Å². The number of hydrogen-bond donors (Lipinski definition) is 1. The Bertz CT molecular complexity index is 1450. The third-order valence-corrected chi connectivity index (χ3v) is 7.97. The molecule has 8 nitrogen and oxygen atoms in total. The van der Waals surface area contributed by atoms with Crippen LogP contribution in [0.25, 0.3) is 16.7 Å². The molecule has 3 aromatic carbocycles. The number of aromatic carboxylic acids is 1. The van der Waals surface area contributed by atoms with Crippen molar-refractivity contribution in [2.24, 2.45) is 0 Å². The summed E-state index contributed by atoms with van der Waals surface area (Å²) in [5, 5.41) is 21.0. The van der Waals surface area contributed by atoms with Crippen LogP contribution >= 0.6 is 0 Å². The van der Waals surface area contributed by atoms with Crippen LogP contribution in [0.4, 0.5) is 10.5 Å². The number of rotatable bonds is 5. The average molecular weight is 511 g/mol. The van der Waals surface area contributed by atoms with Gasteiger partial charge in [0.15, 0.2) is 0 Å². The van der Waals surface area contributed by atoms with Crippen molar-refractivity contribution in [1.29, 1.82) is 0 Å². The number of piperidine rings is 1. The lowest BCUT2D eigenvalue weighted by atomic mass is 9.82. The number of ether oxygens (including phenoxy) is 1. The van der Waals surface area contributed by atoms with E-state index in [1.807, 2.05) is 30.3 Å². The zero-order valence-corrected chi connectivity index (χ0v) is 20.6. The van der Waals surface area contributed by atoms with E-state index in [1.165, 1.54) is 23.3 Å². The maximum Gasteiger partial charge on any atom is 0.410 e. The van der Waals surface area contributed by atoms with Crippen molar-refractivity contribution in [2.75, 3.05) is 6.61 Å². The van der Waals surface area contributed by atoms with E-state index in [0.717, 1.165) is 42.0 Å². The molecule has 38 heavy (non-hydrogen) atoms. The summed E-state index contributed by atoms with van der Waals surface area (Å²) in [4.78, 5) is 37.8. The van der Waals surface area contributed by atoms with Gasteiger partial charge < -0.3 is 9.84 Å². The molecule has 192 valence electrons. The standard InChI is InChI=1S/C30H26N2O6/c33-29(34)18-12-13-22(28(16-18)32(36)37)19-14-20-6-5-7-21(15-19)31(20)30(35)38-17-27-25-10-3-1-8-23(25)24-9-2-4-11-26(24)27/h1-4,8-14,16,20-21,27H,5-7,15,17H2,(H,33,34). The normalized spacial score (nSPS) is 19.8. The van der Waals surface area contributed by atoms with Crippen LogP contribution in [0.5, 0.6) is 0 Å². The summed E-state index contributed by atoms with van der Waals surface area (Å²) in [6.45, 7) is 0.238. The molecule has 3 aromatic rings. The highest BCUT2D eigenvalue weighted by Gasteiger charge is 2.40. The van der Waals surface area contributed by atoms with Gasteiger partial charge in [0.25, 0.3) is 5.69 Å². The van der Waals surface area contributed by atoms with Crippen molar-refractivity contribution in [2.45, 2.75) is 43.7 Å². The Hall–Kier alpha value is -4.46. The van der Waals surface area contributed by atoms with Crippen molar-refractivity contribution in [3.63, 3.8) is 0 Å². The second kappa shape index (κ2) is 9.45. The van der Waals surface area contributed by atoms with Crippen molar-refractivity contribution >= 4 is 23.3 Å². The van der Waals surface area contributed by atoms with Crippen LogP contribution in [0.3, 0.4) is 0 Å². The number of carbonyl (C=O) groups is 2. The molecule has 1 saturated heterocycles. The first-order chi connectivity index (χ1) is 18.4. The van der Waals surface area contributed by atoms with Crippen LogP contribution in [0.2, 0.25) is 0 Å². The van der Waals surface area contributed by atoms with Crippen molar-refractivity contribution in [3.05, 3.63) is 105 Å². The van der Waals surface area contributed by atoms with Gasteiger partial charge in [0, 0.05) is 18.0 Å². The molecule has 6 rings (SSSR count). The SMILES string of the molecule is O=C(O)c1ccc(C2=CC3CCCC(C2)N3C(=O)OCC2c3ccccc3-c3ccccc32)c([N+](=O)[O-])c1. The van der Waals surface area contributed by atoms with Crippen LogP contribution < -0.4 is 0 Å². The van der Waals surface area contributed by atoms with Gasteiger partial charge in [-0.3, -0.25) is 15.0 Å². The van der Waals surface area contributed by atoms with Gasteiger partial charge in [-0.25, -0.2) is 9.59 Å². The van der Waals surface area contributed by atoms with E-state index in [2.05, 4.69) is 24.3 Å². The molecule has 1 fully saturated rings. The number of fused-ring (bicyclic) bond motifs is 5. The third kappa shape index (κ3) is 4.02. The summed E-state index contributed by atoms with van der Waals surface area (Å²) >= 11 is 0. The van der Waals surface area contributed by atoms with Crippen LogP contribution in [0.15, 0.2) is 72.8 Å². The van der Waals surface area contributed by atoms with E-state index < -0.39 is 10.9 Å². The van der Waals surface area contributed by atoms with Crippen LogP contribution in [-0.4, -0.2) is 45.7 Å². The highest BCUT2D eigenvalue weighted by Crippen LogP contribution is 2.45. The number of amides is 1. The number of nitro groups is 1. The largest absolute Gasteiger partial charge is 0.478 e. The minimum atomic E-state index is -1.21. The second-order valence-electron chi connectivity index (χ2n) is 10.1. The van der Waals surface area contributed by atoms with Crippen LogP contribution in [-0.2, 0) is 4.74 Å². The Labute approximate surface area is 219 Å². The average Bonchev–Trinajstić information content (AvgIpc) is 3.24. The summed E-state index contributed by atoms with van der Waals surface area (Å²) in [5.41, 5.74) is 5.46. The molecular weight excluding hydrogens is 484 g/mol. The molecule has 0 aromatic heterocycles. The Balaban J connectivity index is 1.24. The molecule has 2 aliphatic heterocycles. The molecule has 1 aliphatic carbocycles. The lowest BCUT2D eigenvalue weighted by Gasteiger charge is -2.44. The third-order valence-electron chi connectivity index (χ3n) is 7.97. The number of carbonyl (C=O) groups excluding carboxylic acids is 1. The fraction of sp³-hybridized carbons (Fsp3) is 0.267. The number of nitro benzene ring substituents is 1. The monoisotopic (exact) mass is 510 g/mol. The molecule has 0 saturated carbocycles. The first-order valence-corrected chi connectivity index (χ1v) is 12.8. The van der Waals surface area contributed by atoms with E-state index in [1.54, 1.807) is 4.90 Å². The van der Waals surface area contributed by atoms with Gasteiger partial charge in [0.1, 0.15) is 6.61 Å². The van der Waals surface area contributed by atoms with Gasteiger partial charge in [-0.15, -0.1) is 0 Å². The quantitative estimate of drug-likeness (QED) is 0.321. The molecule has 2 atom stereocenters. The highest BCUT2D eigenvalue weighted by molar-refractivity contribution is 5.90. The molecule has 2 bridgehead atoms. The Kier molecular flexibility index (Phi) is 5.94. The second-order valence-corrected chi connectivity index (χ2v) is 10.1. The highest BCUT2D eigenvalue weighted by atomic mass is 16.6. The molecule has 1 amide bonds. The van der Waals surface area contributed by atoms with Gasteiger partial charge in [0.05, 0.1) is 22.1 Å². The summed E-state index contributed by atoms with van der Waals surface area (Å²) in [6, 6.07) is 20.0. The summed E-state index contributed by atoms with van der Waals surface area (Å²) in [6.07, 6.45) is 4.47. The summed E-state index contributed by atoms with van der Waals surface area (Å²) < 4.78 is 5.94. The maximum atomic E-state index is 13.4. The summed E-state index contributed by atoms with van der Waals surface area (Å²) in [5.74, 6) is -1.24. The lowest BCUT2D eigenvalue weighted by molar-refractivity contribution is -0.385. The fourth-order valence-electron chi connectivity index (χ4n) is 6.27. The number of carboxylic acid groups (broad SMARTS) is 1. The maximum absolute atomic E-state index is 13.4. The van der Waals surface area contributed by atoms with Gasteiger partial charge in [-0.1, -0.05) is 54.6 Å². The molecule has 0 spiro atoms. The van der Waals surface area contributed by atoms with Gasteiger partial charge in [-0.2, -0.15) is 0 Å². The molecule has 2 unspecified atom stereocenters. The smallest absolute Gasteiger partial charge is 0.410 e. The van der Waals surface area contributed by atoms with Gasteiger partial charge >= 0.3 is 12.1 Å². The van der Waals surface area contributed by atoms with E-state index in [0.29, 0.717) is 12.0 Å². The van der Waals surface area contributed by atoms with E-state index in [4.69, 9.17) is 4.74 Å². The number of nitrogens with zero attached hydrogens (tertiary/aromatic N) is 2. The number of carboxylic acids is 1. The number of benzene rings is 3. The molecule has 2 heterocycles. The van der Waals surface area contributed by atoms with Crippen LogP contribution in [0, 0.1) is 10.1 Å². The molecule has 3 aliphatic rings. The number of hydrogen-bond acceptors (Lipinski definition) is 5. The fourth-order valence-corrected chi connectivity index (χ4v) is 6.27. The van der Waals surface area contributed by atoms with Crippen LogP contribution in [0.1, 0.15) is 58.6 Å². The molecule has 8 heteroatoms. The minimum Gasteiger partial charge on any atom is -0.478 e. The molecule has 1 N–H and O–H groups in total. The zero-order valence-electron chi connectivity index (χ0n) is 20.6. The van der Waals surface area contributed by atoms with Gasteiger partial charge in [0.2, 0.25) is 0 Å². The van der Waals surface area contributed by atoms with Crippen molar-refractivity contribution < 1.29 is 24.4 Å². The first kappa shape index (κ1) is 23.9.